The second-order valence-corrected chi connectivity index (χ2v) is 6.74. The lowest BCUT2D eigenvalue weighted by atomic mass is 10.0. The van der Waals surface area contributed by atoms with Crippen molar-refractivity contribution < 1.29 is 0 Å². The minimum absolute atomic E-state index is 0.647. The Kier molecular flexibility index (Phi) is 3.57. The van der Waals surface area contributed by atoms with Crippen molar-refractivity contribution in [1.29, 1.82) is 0 Å². The third-order valence-electron chi connectivity index (χ3n) is 4.44. The molecule has 1 saturated heterocycles. The molecule has 2 heterocycles. The highest BCUT2D eigenvalue weighted by atomic mass is 32.1. The molecule has 0 spiro atoms. The van der Waals surface area contributed by atoms with Crippen LogP contribution in [0, 0.1) is 11.8 Å². The van der Waals surface area contributed by atoms with E-state index in [1.54, 1.807) is 0 Å². The van der Waals surface area contributed by atoms with Crippen LogP contribution in [0.5, 0.6) is 0 Å². The van der Waals surface area contributed by atoms with E-state index in [2.05, 4.69) is 11.8 Å². The molecule has 1 aliphatic carbocycles. The minimum atomic E-state index is 0.647. The highest BCUT2D eigenvalue weighted by Gasteiger charge is 2.37. The summed E-state index contributed by atoms with van der Waals surface area (Å²) in [6, 6.07) is 0. The third kappa shape index (κ3) is 2.16. The number of fused-ring (bicyclic) bond motifs is 1. The van der Waals surface area contributed by atoms with Gasteiger partial charge in [-0.1, -0.05) is 19.8 Å². The summed E-state index contributed by atoms with van der Waals surface area (Å²) in [4.78, 5) is 8.65. The third-order valence-corrected chi connectivity index (χ3v) is 5.62. The highest BCUT2D eigenvalue weighted by Crippen LogP contribution is 2.40. The normalized spacial score (nSPS) is 26.9. The number of rotatable bonds is 4. The summed E-state index contributed by atoms with van der Waals surface area (Å²) in [7, 11) is 0. The van der Waals surface area contributed by atoms with E-state index in [0.717, 1.165) is 24.7 Å². The van der Waals surface area contributed by atoms with E-state index in [9.17, 15) is 0 Å². The van der Waals surface area contributed by atoms with Gasteiger partial charge in [-0.05, 0) is 31.1 Å². The number of thiazole rings is 1. The predicted octanol–water partition coefficient (Wildman–Crippen LogP) is 2.79. The summed E-state index contributed by atoms with van der Waals surface area (Å²) in [5, 5.41) is 1.23. The van der Waals surface area contributed by atoms with E-state index in [0.29, 0.717) is 6.54 Å². The zero-order valence-corrected chi connectivity index (χ0v) is 12.0. The lowest BCUT2D eigenvalue weighted by Crippen LogP contribution is -2.20. The number of hydrogen-bond acceptors (Lipinski definition) is 4. The van der Waals surface area contributed by atoms with Crippen molar-refractivity contribution in [2.24, 2.45) is 17.6 Å². The molecule has 2 aliphatic rings. The van der Waals surface area contributed by atoms with E-state index in [1.807, 2.05) is 11.3 Å². The predicted molar refractivity (Wildman–Crippen MR) is 77.0 cm³/mol. The first-order chi connectivity index (χ1) is 8.81. The Morgan fingerprint density at radius 2 is 2.06 bits per heavy atom. The maximum absolute atomic E-state index is 5.84. The van der Waals surface area contributed by atoms with Crippen LogP contribution >= 0.6 is 11.3 Å². The molecule has 100 valence electrons. The summed E-state index contributed by atoms with van der Waals surface area (Å²) in [6.07, 6.45) is 6.53. The lowest BCUT2D eigenvalue weighted by molar-refractivity contribution is 0.494. The van der Waals surface area contributed by atoms with Crippen LogP contribution in [-0.4, -0.2) is 18.1 Å². The smallest absolute Gasteiger partial charge is 0.185 e. The molecule has 0 aromatic carbocycles. The summed E-state index contributed by atoms with van der Waals surface area (Å²) in [5.74, 6) is 1.87. The fourth-order valence-electron chi connectivity index (χ4n) is 3.49. The van der Waals surface area contributed by atoms with Gasteiger partial charge < -0.3 is 10.6 Å². The van der Waals surface area contributed by atoms with Gasteiger partial charge in [-0.15, -0.1) is 11.3 Å². The summed E-state index contributed by atoms with van der Waals surface area (Å²) in [5.41, 5.74) is 7.08. The molecule has 0 bridgehead atoms. The van der Waals surface area contributed by atoms with Crippen molar-refractivity contribution in [1.82, 2.24) is 4.98 Å². The van der Waals surface area contributed by atoms with E-state index in [-0.39, 0.29) is 0 Å². The van der Waals surface area contributed by atoms with Crippen molar-refractivity contribution in [2.45, 2.75) is 45.6 Å². The molecule has 1 aromatic rings. The molecular formula is C14H23N3S. The molecular weight excluding hydrogens is 242 g/mol. The zero-order chi connectivity index (χ0) is 12.5. The monoisotopic (exact) mass is 265 g/mol. The molecule has 1 saturated carbocycles. The van der Waals surface area contributed by atoms with Crippen molar-refractivity contribution in [3.8, 4) is 0 Å². The molecule has 2 N–H and O–H groups in total. The van der Waals surface area contributed by atoms with Gasteiger partial charge in [0.1, 0.15) is 0 Å². The molecule has 2 fully saturated rings. The Labute approximate surface area is 113 Å². The number of hydrogen-bond donors (Lipinski definition) is 1. The molecule has 2 atom stereocenters. The molecule has 3 nitrogen and oxygen atoms in total. The van der Waals surface area contributed by atoms with Crippen molar-refractivity contribution in [3.63, 3.8) is 0 Å². The van der Waals surface area contributed by atoms with Crippen LogP contribution in [0.4, 0.5) is 5.13 Å². The molecule has 4 heteroatoms. The second-order valence-electron chi connectivity index (χ2n) is 5.68. The number of aromatic nitrogens is 1. The molecule has 1 aromatic heterocycles. The van der Waals surface area contributed by atoms with Crippen molar-refractivity contribution >= 4 is 16.5 Å². The standard InChI is InChI=1S/C14H23N3S/c1-2-4-12-13(7-15)18-14(16-12)17-8-10-5-3-6-11(10)9-17/h10-11H,2-9,15H2,1H3. The Morgan fingerprint density at radius 1 is 1.33 bits per heavy atom. The van der Waals surface area contributed by atoms with Crippen LogP contribution in [0.15, 0.2) is 0 Å². The molecule has 1 aliphatic heterocycles. The fraction of sp³-hybridized carbons (Fsp3) is 0.786. The van der Waals surface area contributed by atoms with Gasteiger partial charge in [0.05, 0.1) is 5.69 Å². The molecule has 0 amide bonds. The molecule has 0 radical (unpaired) electrons. The Balaban J connectivity index is 1.76. The average molecular weight is 265 g/mol. The topological polar surface area (TPSA) is 42.2 Å². The van der Waals surface area contributed by atoms with Crippen molar-refractivity contribution in [2.75, 3.05) is 18.0 Å². The van der Waals surface area contributed by atoms with Gasteiger partial charge in [-0.3, -0.25) is 0 Å². The van der Waals surface area contributed by atoms with Gasteiger partial charge in [0.2, 0.25) is 0 Å². The van der Waals surface area contributed by atoms with E-state index < -0.39 is 0 Å². The second kappa shape index (κ2) is 5.17. The molecule has 2 unspecified atom stereocenters. The maximum Gasteiger partial charge on any atom is 0.185 e. The summed E-state index contributed by atoms with van der Waals surface area (Å²) in [6.45, 7) is 5.31. The number of nitrogens with zero attached hydrogens (tertiary/aromatic N) is 2. The van der Waals surface area contributed by atoms with Gasteiger partial charge in [-0.2, -0.15) is 0 Å². The first-order valence-corrected chi connectivity index (χ1v) is 8.07. The first kappa shape index (κ1) is 12.4. The highest BCUT2D eigenvalue weighted by molar-refractivity contribution is 7.15. The first-order valence-electron chi connectivity index (χ1n) is 7.25. The summed E-state index contributed by atoms with van der Waals surface area (Å²) >= 11 is 1.83. The van der Waals surface area contributed by atoms with Gasteiger partial charge in [0.25, 0.3) is 0 Å². The molecule has 18 heavy (non-hydrogen) atoms. The van der Waals surface area contributed by atoms with Crippen LogP contribution in [0.2, 0.25) is 0 Å². The number of anilines is 1. The fourth-order valence-corrected chi connectivity index (χ4v) is 4.49. The van der Waals surface area contributed by atoms with Gasteiger partial charge >= 0.3 is 0 Å². The van der Waals surface area contributed by atoms with Crippen LogP contribution < -0.4 is 10.6 Å². The Bertz CT molecular complexity index is 403. The largest absolute Gasteiger partial charge is 0.348 e. The number of nitrogens with two attached hydrogens (primary N) is 1. The maximum atomic E-state index is 5.84. The Morgan fingerprint density at radius 3 is 2.67 bits per heavy atom. The Hall–Kier alpha value is -0.610. The lowest BCUT2D eigenvalue weighted by Gasteiger charge is -2.15. The molecule has 3 rings (SSSR count). The summed E-state index contributed by atoms with van der Waals surface area (Å²) < 4.78 is 0. The average Bonchev–Trinajstić information content (AvgIpc) is 3.00. The quantitative estimate of drug-likeness (QED) is 0.910. The zero-order valence-electron chi connectivity index (χ0n) is 11.2. The van der Waals surface area contributed by atoms with E-state index in [4.69, 9.17) is 10.7 Å². The van der Waals surface area contributed by atoms with Gasteiger partial charge in [-0.25, -0.2) is 4.98 Å². The van der Waals surface area contributed by atoms with Gasteiger partial charge in [0.15, 0.2) is 5.13 Å². The van der Waals surface area contributed by atoms with E-state index >= 15 is 0 Å². The van der Waals surface area contributed by atoms with Gasteiger partial charge in [0, 0.05) is 24.5 Å². The van der Waals surface area contributed by atoms with Crippen LogP contribution in [0.3, 0.4) is 0 Å². The van der Waals surface area contributed by atoms with Crippen LogP contribution in [0.1, 0.15) is 43.2 Å². The van der Waals surface area contributed by atoms with E-state index in [1.165, 1.54) is 48.1 Å². The van der Waals surface area contributed by atoms with Crippen LogP contribution in [0.25, 0.3) is 0 Å². The SMILES string of the molecule is CCCc1nc(N2CC3CCCC3C2)sc1CN. The van der Waals surface area contributed by atoms with Crippen molar-refractivity contribution in [3.05, 3.63) is 10.6 Å². The van der Waals surface area contributed by atoms with Crippen LogP contribution in [-0.2, 0) is 13.0 Å². The minimum Gasteiger partial charge on any atom is -0.348 e. The number of aryl methyl sites for hydroxylation is 1.